The summed E-state index contributed by atoms with van der Waals surface area (Å²) in [5.41, 5.74) is 3.40. The third kappa shape index (κ3) is 3.98. The van der Waals surface area contributed by atoms with Crippen molar-refractivity contribution in [3.8, 4) is 49.4 Å². The summed E-state index contributed by atoms with van der Waals surface area (Å²) in [5, 5.41) is 0. The first-order chi connectivity index (χ1) is 16.1. The van der Waals surface area contributed by atoms with E-state index in [-0.39, 0.29) is 0 Å². The SMILES string of the molecule is C#Cc1cc[c]([Ge]([c]2ccc(C#C)cc2)([c]2ccc(C#C)cc2)[c]2ccc(C#C)cc2)cc1. The van der Waals surface area contributed by atoms with Gasteiger partial charge in [0, 0.05) is 0 Å². The number of benzene rings is 4. The average molecular weight is 477 g/mol. The van der Waals surface area contributed by atoms with Crippen LogP contribution in [0, 0.1) is 49.4 Å². The van der Waals surface area contributed by atoms with Crippen molar-refractivity contribution in [3.05, 3.63) is 119 Å². The molecular weight excluding hydrogens is 457 g/mol. The number of hydrogen-bond acceptors (Lipinski definition) is 0. The molecule has 0 aromatic heterocycles. The van der Waals surface area contributed by atoms with Crippen LogP contribution in [0.25, 0.3) is 0 Å². The van der Waals surface area contributed by atoms with E-state index < -0.39 is 13.3 Å². The second-order valence-electron chi connectivity index (χ2n) is 7.64. The predicted octanol–water partition coefficient (Wildman–Crippen LogP) is 2.99. The van der Waals surface area contributed by atoms with Crippen LogP contribution in [-0.4, -0.2) is 13.3 Å². The topological polar surface area (TPSA) is 0 Å². The summed E-state index contributed by atoms with van der Waals surface area (Å²) in [5.74, 6) is 10.9. The molecule has 4 aromatic carbocycles. The summed E-state index contributed by atoms with van der Waals surface area (Å²) in [6.07, 6.45) is 22.6. The van der Waals surface area contributed by atoms with Gasteiger partial charge in [-0.3, -0.25) is 0 Å². The molecule has 0 atom stereocenters. The van der Waals surface area contributed by atoms with E-state index in [1.54, 1.807) is 0 Å². The first kappa shape index (κ1) is 21.9. The minimum atomic E-state index is -3.44. The summed E-state index contributed by atoms with van der Waals surface area (Å²) >= 11 is -3.44. The summed E-state index contributed by atoms with van der Waals surface area (Å²) in [6.45, 7) is 0. The Labute approximate surface area is 199 Å². The summed E-state index contributed by atoms with van der Waals surface area (Å²) in [7, 11) is 0. The van der Waals surface area contributed by atoms with Crippen molar-refractivity contribution in [2.45, 2.75) is 0 Å². The standard InChI is InChI=1S/C32H20Ge/c1-5-25-9-17-29(18-10-25)33(30-19-11-26(6-2)12-20-30,31-21-13-27(7-3)14-22-31)32-23-15-28(8-4)16-24-32/h1-4,9-24H. The summed E-state index contributed by atoms with van der Waals surface area (Å²) < 4.78 is 5.02. The quantitative estimate of drug-likeness (QED) is 0.314. The Morgan fingerprint density at radius 3 is 0.667 bits per heavy atom. The van der Waals surface area contributed by atoms with Crippen LogP contribution in [-0.2, 0) is 0 Å². The van der Waals surface area contributed by atoms with Gasteiger partial charge in [0.2, 0.25) is 0 Å². The third-order valence-electron chi connectivity index (χ3n) is 5.94. The van der Waals surface area contributed by atoms with E-state index in [9.17, 15) is 0 Å². The molecule has 0 unspecified atom stereocenters. The number of hydrogen-bond donors (Lipinski definition) is 0. The molecule has 0 aliphatic carbocycles. The van der Waals surface area contributed by atoms with Gasteiger partial charge in [0.25, 0.3) is 0 Å². The van der Waals surface area contributed by atoms with Crippen molar-refractivity contribution >= 4 is 30.8 Å². The van der Waals surface area contributed by atoms with Crippen LogP contribution in [0.2, 0.25) is 0 Å². The van der Waals surface area contributed by atoms with Crippen LogP contribution in [0.4, 0.5) is 0 Å². The Bertz CT molecular complexity index is 1210. The van der Waals surface area contributed by atoms with Gasteiger partial charge in [-0.05, 0) is 0 Å². The fourth-order valence-electron chi connectivity index (χ4n) is 4.27. The first-order valence-electron chi connectivity index (χ1n) is 10.4. The van der Waals surface area contributed by atoms with Crippen LogP contribution in [0.3, 0.4) is 0 Å². The normalized spacial score (nSPS) is 10.3. The van der Waals surface area contributed by atoms with E-state index in [1.165, 1.54) is 17.6 Å². The minimum absolute atomic E-state index is 0.850. The van der Waals surface area contributed by atoms with E-state index in [2.05, 4.69) is 72.2 Å². The fraction of sp³-hybridized carbons (Fsp3) is 0. The van der Waals surface area contributed by atoms with Crippen molar-refractivity contribution in [3.63, 3.8) is 0 Å². The van der Waals surface area contributed by atoms with Crippen molar-refractivity contribution in [1.82, 2.24) is 0 Å². The Kier molecular flexibility index (Phi) is 6.25. The van der Waals surface area contributed by atoms with Crippen molar-refractivity contribution < 1.29 is 0 Å². The molecule has 0 heterocycles. The molecule has 0 aliphatic rings. The molecule has 0 fully saturated rings. The molecule has 0 saturated carbocycles. The molecule has 0 saturated heterocycles. The molecule has 152 valence electrons. The molecule has 0 amide bonds. The van der Waals surface area contributed by atoms with Gasteiger partial charge in [-0.2, -0.15) is 0 Å². The van der Waals surface area contributed by atoms with Crippen molar-refractivity contribution in [1.29, 1.82) is 0 Å². The van der Waals surface area contributed by atoms with Gasteiger partial charge in [0.1, 0.15) is 0 Å². The number of terminal acetylenes is 4. The zero-order valence-corrected chi connectivity index (χ0v) is 20.1. The van der Waals surface area contributed by atoms with Crippen LogP contribution < -0.4 is 17.6 Å². The van der Waals surface area contributed by atoms with Crippen molar-refractivity contribution in [2.24, 2.45) is 0 Å². The van der Waals surface area contributed by atoms with E-state index in [0.29, 0.717) is 0 Å². The van der Waals surface area contributed by atoms with Gasteiger partial charge in [-0.15, -0.1) is 0 Å². The molecule has 4 aromatic rings. The molecule has 1 heteroatoms. The molecule has 0 radical (unpaired) electrons. The monoisotopic (exact) mass is 478 g/mol. The molecule has 0 nitrogen and oxygen atoms in total. The van der Waals surface area contributed by atoms with Gasteiger partial charge < -0.3 is 0 Å². The van der Waals surface area contributed by atoms with Crippen LogP contribution in [0.15, 0.2) is 97.1 Å². The molecule has 0 bridgehead atoms. The Morgan fingerprint density at radius 1 is 0.333 bits per heavy atom. The molecule has 4 rings (SSSR count). The maximum atomic E-state index is 5.65. The van der Waals surface area contributed by atoms with Gasteiger partial charge in [0.15, 0.2) is 0 Å². The second kappa shape index (κ2) is 9.43. The van der Waals surface area contributed by atoms with E-state index >= 15 is 0 Å². The maximum absolute atomic E-state index is 5.65. The van der Waals surface area contributed by atoms with Crippen molar-refractivity contribution in [2.75, 3.05) is 0 Å². The molecule has 0 spiro atoms. The van der Waals surface area contributed by atoms with Gasteiger partial charge in [0.05, 0.1) is 0 Å². The number of rotatable bonds is 4. The van der Waals surface area contributed by atoms with Crippen LogP contribution in [0.1, 0.15) is 22.3 Å². The predicted molar refractivity (Wildman–Crippen MR) is 142 cm³/mol. The molecule has 0 N–H and O–H groups in total. The van der Waals surface area contributed by atoms with Crippen LogP contribution in [0.5, 0.6) is 0 Å². The van der Waals surface area contributed by atoms with Gasteiger partial charge >= 0.3 is 200 Å². The average Bonchev–Trinajstić information content (AvgIpc) is 2.90. The van der Waals surface area contributed by atoms with Crippen LogP contribution >= 0.6 is 0 Å². The van der Waals surface area contributed by atoms with E-state index in [0.717, 1.165) is 22.3 Å². The first-order valence-corrected chi connectivity index (χ1v) is 14.6. The zero-order chi connectivity index (χ0) is 23.3. The Hall–Kier alpha value is -4.34. The summed E-state index contributed by atoms with van der Waals surface area (Å²) in [4.78, 5) is 0. The van der Waals surface area contributed by atoms with Gasteiger partial charge in [-0.1, -0.05) is 0 Å². The summed E-state index contributed by atoms with van der Waals surface area (Å²) in [6, 6.07) is 33.4. The molecule has 33 heavy (non-hydrogen) atoms. The fourth-order valence-corrected chi connectivity index (χ4v) is 14.1. The zero-order valence-electron chi connectivity index (χ0n) is 18.0. The van der Waals surface area contributed by atoms with E-state index in [4.69, 9.17) is 25.7 Å². The third-order valence-corrected chi connectivity index (χ3v) is 16.0. The Balaban J connectivity index is 2.11. The van der Waals surface area contributed by atoms with E-state index in [1.807, 2.05) is 48.5 Å². The Morgan fingerprint density at radius 2 is 0.515 bits per heavy atom. The molecular formula is C32H20Ge. The second-order valence-corrected chi connectivity index (χ2v) is 15.6. The molecule has 0 aliphatic heterocycles. The van der Waals surface area contributed by atoms with Gasteiger partial charge in [-0.25, -0.2) is 0 Å².